The first-order valence-corrected chi connectivity index (χ1v) is 8.80. The molecule has 28 heavy (non-hydrogen) atoms. The molecular weight excluding hydrogens is 364 g/mol. The molecule has 0 aliphatic carbocycles. The maximum Gasteiger partial charge on any atom is 0.339 e. The van der Waals surface area contributed by atoms with Crippen LogP contribution in [0.3, 0.4) is 0 Å². The number of hydrogen-bond donors (Lipinski definition) is 0. The van der Waals surface area contributed by atoms with E-state index in [0.717, 1.165) is 11.4 Å². The van der Waals surface area contributed by atoms with Gasteiger partial charge < -0.3 is 14.0 Å². The molecule has 8 heteroatoms. The molecule has 1 heterocycles. The van der Waals surface area contributed by atoms with Crippen molar-refractivity contribution in [3.63, 3.8) is 0 Å². The third-order valence-electron chi connectivity index (χ3n) is 4.69. The minimum absolute atomic E-state index is 0.0571. The average Bonchev–Trinajstić information content (AvgIpc) is 2.94. The molecule has 0 saturated carbocycles. The number of methoxy groups -OCH3 is 1. The van der Waals surface area contributed by atoms with E-state index >= 15 is 0 Å². The van der Waals surface area contributed by atoms with E-state index in [1.165, 1.54) is 25.1 Å². The number of nitro groups is 1. The molecular formula is C20H24N2O6. The average molecular weight is 388 g/mol. The minimum Gasteiger partial charge on any atom is -0.454 e. The Labute approximate surface area is 163 Å². The highest BCUT2D eigenvalue weighted by Gasteiger charge is 2.22. The Kier molecular flexibility index (Phi) is 6.69. The Hall–Kier alpha value is -3.00. The maximum absolute atomic E-state index is 12.6. The fourth-order valence-electron chi connectivity index (χ4n) is 3.38. The van der Waals surface area contributed by atoms with E-state index in [4.69, 9.17) is 9.47 Å². The highest BCUT2D eigenvalue weighted by atomic mass is 16.6. The molecule has 8 nitrogen and oxygen atoms in total. The lowest BCUT2D eigenvalue weighted by molar-refractivity contribution is -0.385. The summed E-state index contributed by atoms with van der Waals surface area (Å²) in [5.74, 6) is -1.10. The number of nitrogens with zero attached hydrogens (tertiary/aromatic N) is 2. The van der Waals surface area contributed by atoms with Gasteiger partial charge in [0.1, 0.15) is 0 Å². The summed E-state index contributed by atoms with van der Waals surface area (Å²) >= 11 is 0. The Morgan fingerprint density at radius 1 is 1.21 bits per heavy atom. The number of esters is 1. The lowest BCUT2D eigenvalue weighted by Crippen LogP contribution is -2.17. The summed E-state index contributed by atoms with van der Waals surface area (Å²) < 4.78 is 12.3. The van der Waals surface area contributed by atoms with E-state index < -0.39 is 17.5 Å². The van der Waals surface area contributed by atoms with Gasteiger partial charge in [0.15, 0.2) is 6.61 Å². The summed E-state index contributed by atoms with van der Waals surface area (Å²) in [6.07, 6.45) is 0. The SMILES string of the molecule is COC[C@H](C)n1c(C)cc(C(=O)COC(=O)c2cccc([N+](=O)[O-])c2C)c1C. The molecule has 1 aromatic heterocycles. The van der Waals surface area contributed by atoms with Crippen molar-refractivity contribution in [1.29, 1.82) is 0 Å². The fraction of sp³-hybridized carbons (Fsp3) is 0.400. The smallest absolute Gasteiger partial charge is 0.339 e. The van der Waals surface area contributed by atoms with E-state index in [2.05, 4.69) is 0 Å². The van der Waals surface area contributed by atoms with Crippen molar-refractivity contribution in [3.05, 3.63) is 62.5 Å². The van der Waals surface area contributed by atoms with Crippen LogP contribution in [0.25, 0.3) is 0 Å². The molecule has 1 aromatic carbocycles. The zero-order valence-corrected chi connectivity index (χ0v) is 16.6. The van der Waals surface area contributed by atoms with Crippen LogP contribution in [0, 0.1) is 30.9 Å². The molecule has 150 valence electrons. The number of aryl methyl sites for hydroxylation is 1. The lowest BCUT2D eigenvalue weighted by atomic mass is 10.1. The van der Waals surface area contributed by atoms with E-state index in [1.54, 1.807) is 13.2 Å². The molecule has 0 bridgehead atoms. The highest BCUT2D eigenvalue weighted by Crippen LogP contribution is 2.23. The molecule has 0 aliphatic heterocycles. The number of ether oxygens (including phenoxy) is 2. The summed E-state index contributed by atoms with van der Waals surface area (Å²) in [5.41, 5.74) is 2.26. The zero-order chi connectivity index (χ0) is 21.0. The van der Waals surface area contributed by atoms with Gasteiger partial charge in [-0.05, 0) is 39.8 Å². The molecule has 0 amide bonds. The summed E-state index contributed by atoms with van der Waals surface area (Å²) in [6, 6.07) is 5.98. The third kappa shape index (κ3) is 4.28. The molecule has 0 aliphatic rings. The molecule has 0 spiro atoms. The van der Waals surface area contributed by atoms with Crippen LogP contribution in [0.1, 0.15) is 50.6 Å². The van der Waals surface area contributed by atoms with Crippen LogP contribution in [-0.4, -0.2) is 41.6 Å². The summed E-state index contributed by atoms with van der Waals surface area (Å²) in [5, 5.41) is 11.0. The Morgan fingerprint density at radius 3 is 2.50 bits per heavy atom. The van der Waals surface area contributed by atoms with Crippen LogP contribution in [0.5, 0.6) is 0 Å². The van der Waals surface area contributed by atoms with Crippen LogP contribution in [0.15, 0.2) is 24.3 Å². The van der Waals surface area contributed by atoms with Crippen molar-refractivity contribution in [2.24, 2.45) is 0 Å². The van der Waals surface area contributed by atoms with Crippen LogP contribution < -0.4 is 0 Å². The van der Waals surface area contributed by atoms with E-state index in [0.29, 0.717) is 12.2 Å². The van der Waals surface area contributed by atoms with E-state index in [-0.39, 0.29) is 28.6 Å². The number of carbonyl (C=O) groups excluding carboxylic acids is 2. The number of carbonyl (C=O) groups is 2. The molecule has 1 atom stereocenters. The van der Waals surface area contributed by atoms with Gasteiger partial charge in [-0.3, -0.25) is 14.9 Å². The van der Waals surface area contributed by atoms with Crippen molar-refractivity contribution in [2.45, 2.75) is 33.7 Å². The second-order valence-corrected chi connectivity index (χ2v) is 6.67. The summed E-state index contributed by atoms with van der Waals surface area (Å²) in [7, 11) is 1.62. The predicted molar refractivity (Wildman–Crippen MR) is 103 cm³/mol. The van der Waals surface area contributed by atoms with Gasteiger partial charge in [0, 0.05) is 35.7 Å². The first-order valence-electron chi connectivity index (χ1n) is 8.80. The number of ketones is 1. The van der Waals surface area contributed by atoms with Gasteiger partial charge in [-0.2, -0.15) is 0 Å². The van der Waals surface area contributed by atoms with Gasteiger partial charge in [0.2, 0.25) is 5.78 Å². The number of benzene rings is 1. The van der Waals surface area contributed by atoms with Gasteiger partial charge in [-0.25, -0.2) is 4.79 Å². The Bertz CT molecular complexity index is 916. The normalized spacial score (nSPS) is 11.9. The largest absolute Gasteiger partial charge is 0.454 e. The Balaban J connectivity index is 2.15. The van der Waals surface area contributed by atoms with Crippen molar-refractivity contribution in [1.82, 2.24) is 4.57 Å². The van der Waals surface area contributed by atoms with Crippen molar-refractivity contribution < 1.29 is 24.0 Å². The van der Waals surface area contributed by atoms with Gasteiger partial charge in [0.25, 0.3) is 5.69 Å². The number of aromatic nitrogens is 1. The van der Waals surface area contributed by atoms with Crippen LogP contribution in [0.4, 0.5) is 5.69 Å². The topological polar surface area (TPSA) is 101 Å². The molecule has 0 unspecified atom stereocenters. The standard InChI is InChI=1S/C20H24N2O6/c1-12-9-17(15(4)21(12)13(2)10-27-5)19(23)11-28-20(24)16-7-6-8-18(14(16)3)22(25)26/h6-9,13H,10-11H2,1-5H3/t13-/m0/s1. The molecule has 0 N–H and O–H groups in total. The summed E-state index contributed by atoms with van der Waals surface area (Å²) in [4.78, 5) is 35.3. The first-order chi connectivity index (χ1) is 13.2. The minimum atomic E-state index is -0.767. The maximum atomic E-state index is 12.6. The van der Waals surface area contributed by atoms with Crippen molar-refractivity contribution >= 4 is 17.4 Å². The zero-order valence-electron chi connectivity index (χ0n) is 16.6. The first kappa shape index (κ1) is 21.3. The summed E-state index contributed by atoms with van der Waals surface area (Å²) in [6.45, 7) is 7.26. The number of nitro benzene ring substituents is 1. The second kappa shape index (κ2) is 8.79. The number of Topliss-reactive ketones (excluding diaryl/α,β-unsaturated/α-hetero) is 1. The monoisotopic (exact) mass is 388 g/mol. The van der Waals surface area contributed by atoms with Crippen LogP contribution in [-0.2, 0) is 9.47 Å². The van der Waals surface area contributed by atoms with Crippen LogP contribution >= 0.6 is 0 Å². The molecule has 2 aromatic rings. The van der Waals surface area contributed by atoms with Gasteiger partial charge in [-0.15, -0.1) is 0 Å². The lowest BCUT2D eigenvalue weighted by Gasteiger charge is -2.17. The van der Waals surface area contributed by atoms with E-state index in [9.17, 15) is 19.7 Å². The van der Waals surface area contributed by atoms with Gasteiger partial charge >= 0.3 is 5.97 Å². The highest BCUT2D eigenvalue weighted by molar-refractivity contribution is 6.00. The predicted octanol–water partition coefficient (Wildman–Crippen LogP) is 3.57. The van der Waals surface area contributed by atoms with Crippen molar-refractivity contribution in [2.75, 3.05) is 20.3 Å². The number of rotatable bonds is 8. The van der Waals surface area contributed by atoms with Crippen molar-refractivity contribution in [3.8, 4) is 0 Å². The second-order valence-electron chi connectivity index (χ2n) is 6.67. The molecule has 0 saturated heterocycles. The molecule has 2 rings (SSSR count). The molecule has 0 radical (unpaired) electrons. The quantitative estimate of drug-likeness (QED) is 0.297. The van der Waals surface area contributed by atoms with E-state index in [1.807, 2.05) is 25.3 Å². The number of hydrogen-bond acceptors (Lipinski definition) is 6. The van der Waals surface area contributed by atoms with Crippen LogP contribution in [0.2, 0.25) is 0 Å². The van der Waals surface area contributed by atoms with Gasteiger partial charge in [0.05, 0.1) is 23.1 Å². The van der Waals surface area contributed by atoms with Gasteiger partial charge in [-0.1, -0.05) is 6.07 Å². The third-order valence-corrected chi connectivity index (χ3v) is 4.69. The fourth-order valence-corrected chi connectivity index (χ4v) is 3.38. The Morgan fingerprint density at radius 2 is 1.89 bits per heavy atom. The molecule has 0 fully saturated rings.